The predicted octanol–water partition coefficient (Wildman–Crippen LogP) is 4.09. The molecule has 4 N–H and O–H groups in total. The summed E-state index contributed by atoms with van der Waals surface area (Å²) in [6.45, 7) is 2.93. The molecule has 47 heavy (non-hydrogen) atoms. The molecular weight excluding hydrogens is 606 g/mol. The topological polar surface area (TPSA) is 168 Å². The Kier molecular flexibility index (Phi) is 12.8. The van der Waals surface area contributed by atoms with Gasteiger partial charge in [-0.25, -0.2) is 9.59 Å². The first-order valence-corrected chi connectivity index (χ1v) is 15.1. The highest BCUT2D eigenvalue weighted by Gasteiger charge is 2.24. The summed E-state index contributed by atoms with van der Waals surface area (Å²) in [7, 11) is 1.47. The molecule has 0 aromatic heterocycles. The van der Waals surface area contributed by atoms with Crippen LogP contribution < -0.4 is 20.7 Å². The Morgan fingerprint density at radius 3 is 2.32 bits per heavy atom. The number of ether oxygens (including phenoxy) is 4. The van der Waals surface area contributed by atoms with Crippen LogP contribution in [0.25, 0.3) is 0 Å². The Labute approximate surface area is 273 Å². The highest BCUT2D eigenvalue weighted by Crippen LogP contribution is 2.25. The molecule has 1 aliphatic rings. The van der Waals surface area contributed by atoms with E-state index in [0.717, 1.165) is 24.0 Å². The van der Waals surface area contributed by atoms with Gasteiger partial charge in [-0.15, -0.1) is 0 Å². The average Bonchev–Trinajstić information content (AvgIpc) is 3.63. The van der Waals surface area contributed by atoms with Crippen LogP contribution in [0.3, 0.4) is 0 Å². The summed E-state index contributed by atoms with van der Waals surface area (Å²) < 4.78 is 21.2. The maximum Gasteiger partial charge on any atom is 0.415 e. The number of hydrogen-bond donors (Lipinski definition) is 4. The molecule has 1 fully saturated rings. The SMILES string of the molecule is COCOCc1c(OC(=O)N2CCCC2)cccc1C(=O)N[C@@H](C)C(=O)NCc1ccc(C(=N)NC(=O)OCc2ccccc2)cc1. The number of carbonyl (C=O) groups is 4. The third-order valence-corrected chi connectivity index (χ3v) is 7.28. The average molecular weight is 646 g/mol. The zero-order valence-corrected chi connectivity index (χ0v) is 26.4. The Morgan fingerprint density at radius 2 is 1.62 bits per heavy atom. The maximum atomic E-state index is 13.3. The molecule has 3 aromatic carbocycles. The van der Waals surface area contributed by atoms with Gasteiger partial charge < -0.3 is 34.5 Å². The van der Waals surface area contributed by atoms with Gasteiger partial charge in [0.2, 0.25) is 5.91 Å². The summed E-state index contributed by atoms with van der Waals surface area (Å²) in [4.78, 5) is 52.5. The number of carbonyl (C=O) groups excluding carboxylic acids is 4. The number of hydrogen-bond acceptors (Lipinski definition) is 9. The van der Waals surface area contributed by atoms with Gasteiger partial charge >= 0.3 is 12.2 Å². The second-order valence-electron chi connectivity index (χ2n) is 10.8. The molecule has 4 rings (SSSR count). The largest absolute Gasteiger partial charge is 0.444 e. The van der Waals surface area contributed by atoms with Crippen LogP contribution in [0.1, 0.15) is 52.4 Å². The lowest BCUT2D eigenvalue weighted by Crippen LogP contribution is -2.44. The van der Waals surface area contributed by atoms with E-state index in [1.807, 2.05) is 30.3 Å². The summed E-state index contributed by atoms with van der Waals surface area (Å²) in [5, 5.41) is 16.0. The van der Waals surface area contributed by atoms with E-state index in [9.17, 15) is 19.2 Å². The van der Waals surface area contributed by atoms with Crippen LogP contribution in [0.2, 0.25) is 0 Å². The first-order valence-electron chi connectivity index (χ1n) is 15.1. The third-order valence-electron chi connectivity index (χ3n) is 7.28. The molecule has 13 nitrogen and oxygen atoms in total. The molecule has 1 aliphatic heterocycles. The van der Waals surface area contributed by atoms with E-state index in [1.54, 1.807) is 54.3 Å². The summed E-state index contributed by atoms with van der Waals surface area (Å²) >= 11 is 0. The number of benzene rings is 3. The van der Waals surface area contributed by atoms with E-state index in [4.69, 9.17) is 24.4 Å². The molecule has 4 amide bonds. The van der Waals surface area contributed by atoms with Gasteiger partial charge in [0, 0.05) is 43.4 Å². The standard InChI is InChI=1S/C34H39N5O8/c1-23(37-32(41)27-11-8-12-29(28(27)21-45-22-44-2)47-34(43)39-17-6-7-18-39)31(40)36-19-24-13-15-26(16-14-24)30(35)38-33(42)46-20-25-9-4-3-5-10-25/h3-5,8-16,23H,6-7,17-22H2,1-2H3,(H,36,40)(H,37,41)(H2,35,38,42)/t23-/m0/s1. The van der Waals surface area contributed by atoms with Crippen molar-refractivity contribution in [1.82, 2.24) is 20.9 Å². The van der Waals surface area contributed by atoms with Crippen molar-refractivity contribution in [1.29, 1.82) is 5.41 Å². The molecule has 0 saturated carbocycles. The van der Waals surface area contributed by atoms with E-state index in [0.29, 0.717) is 24.2 Å². The molecule has 0 aliphatic carbocycles. The van der Waals surface area contributed by atoms with Gasteiger partial charge in [-0.2, -0.15) is 0 Å². The van der Waals surface area contributed by atoms with Crippen molar-refractivity contribution in [2.45, 2.75) is 45.6 Å². The molecule has 1 atom stereocenters. The zero-order chi connectivity index (χ0) is 33.6. The Balaban J connectivity index is 1.29. The van der Waals surface area contributed by atoms with E-state index in [1.165, 1.54) is 7.11 Å². The highest BCUT2D eigenvalue weighted by molar-refractivity contribution is 6.04. The van der Waals surface area contributed by atoms with Crippen molar-refractivity contribution in [3.63, 3.8) is 0 Å². The molecule has 1 saturated heterocycles. The van der Waals surface area contributed by atoms with Gasteiger partial charge in [0.1, 0.15) is 31.0 Å². The van der Waals surface area contributed by atoms with Crippen molar-refractivity contribution < 1.29 is 38.1 Å². The van der Waals surface area contributed by atoms with Crippen molar-refractivity contribution in [2.75, 3.05) is 27.0 Å². The summed E-state index contributed by atoms with van der Waals surface area (Å²) in [5.41, 5.74) is 2.58. The molecule has 248 valence electrons. The number of likely N-dealkylation sites (tertiary alicyclic amines) is 1. The van der Waals surface area contributed by atoms with Gasteiger partial charge in [-0.3, -0.25) is 20.3 Å². The van der Waals surface area contributed by atoms with Gasteiger partial charge in [-0.05, 0) is 43.0 Å². The molecule has 0 unspecified atom stereocenters. The van der Waals surface area contributed by atoms with E-state index < -0.39 is 30.0 Å². The Bertz CT molecular complexity index is 1540. The molecular formula is C34H39N5O8. The fourth-order valence-electron chi connectivity index (χ4n) is 4.71. The van der Waals surface area contributed by atoms with Crippen molar-refractivity contribution in [2.24, 2.45) is 0 Å². The quantitative estimate of drug-likeness (QED) is 0.0933. The number of rotatable bonds is 13. The smallest absolute Gasteiger partial charge is 0.415 e. The van der Waals surface area contributed by atoms with Crippen LogP contribution >= 0.6 is 0 Å². The molecule has 0 radical (unpaired) electrons. The molecule has 3 aromatic rings. The van der Waals surface area contributed by atoms with Crippen molar-refractivity contribution in [3.05, 3.63) is 101 Å². The minimum atomic E-state index is -0.899. The normalized spacial score (nSPS) is 12.9. The third kappa shape index (κ3) is 10.4. The fraction of sp³-hybridized carbons (Fsp3) is 0.324. The minimum Gasteiger partial charge on any atom is -0.444 e. The lowest BCUT2D eigenvalue weighted by Gasteiger charge is -2.19. The highest BCUT2D eigenvalue weighted by atomic mass is 16.7. The second kappa shape index (κ2) is 17.4. The van der Waals surface area contributed by atoms with E-state index in [-0.39, 0.29) is 43.7 Å². The van der Waals surface area contributed by atoms with Gasteiger partial charge in [0.25, 0.3) is 5.91 Å². The van der Waals surface area contributed by atoms with Gasteiger partial charge in [0.15, 0.2) is 0 Å². The molecule has 0 bridgehead atoms. The van der Waals surface area contributed by atoms with Crippen molar-refractivity contribution >= 4 is 29.8 Å². The number of nitrogens with zero attached hydrogens (tertiary/aromatic N) is 1. The van der Waals surface area contributed by atoms with Gasteiger partial charge in [-0.1, -0.05) is 60.7 Å². The number of methoxy groups -OCH3 is 1. The molecule has 0 spiro atoms. The lowest BCUT2D eigenvalue weighted by molar-refractivity contribution is -0.122. The second-order valence-corrected chi connectivity index (χ2v) is 10.8. The van der Waals surface area contributed by atoms with Crippen LogP contribution in [-0.4, -0.2) is 67.8 Å². The first-order chi connectivity index (χ1) is 22.7. The van der Waals surface area contributed by atoms with E-state index >= 15 is 0 Å². The fourth-order valence-corrected chi connectivity index (χ4v) is 4.71. The molecule has 13 heteroatoms. The number of nitrogens with one attached hydrogen (secondary N) is 4. The monoisotopic (exact) mass is 645 g/mol. The van der Waals surface area contributed by atoms with Crippen LogP contribution in [0.15, 0.2) is 72.8 Å². The summed E-state index contributed by atoms with van der Waals surface area (Å²) in [5.74, 6) is -0.900. The lowest BCUT2D eigenvalue weighted by atomic mass is 10.1. The van der Waals surface area contributed by atoms with Gasteiger partial charge in [0.05, 0.1) is 6.61 Å². The number of amides is 4. The Morgan fingerprint density at radius 1 is 0.894 bits per heavy atom. The molecule has 1 heterocycles. The minimum absolute atomic E-state index is 0.0335. The first kappa shape index (κ1) is 34.6. The number of amidine groups is 1. The summed E-state index contributed by atoms with van der Waals surface area (Å²) in [6.07, 6.45) is 0.574. The van der Waals surface area contributed by atoms with Crippen LogP contribution in [-0.2, 0) is 38.8 Å². The zero-order valence-electron chi connectivity index (χ0n) is 26.4. The van der Waals surface area contributed by atoms with Crippen LogP contribution in [0.5, 0.6) is 5.75 Å². The van der Waals surface area contributed by atoms with Crippen LogP contribution in [0, 0.1) is 5.41 Å². The Hall–Kier alpha value is -5.27. The van der Waals surface area contributed by atoms with E-state index in [2.05, 4.69) is 16.0 Å². The number of alkyl carbamates (subject to hydrolysis) is 1. The van der Waals surface area contributed by atoms with Crippen LogP contribution in [0.4, 0.5) is 9.59 Å². The van der Waals surface area contributed by atoms with Crippen molar-refractivity contribution in [3.8, 4) is 5.75 Å². The summed E-state index contributed by atoms with van der Waals surface area (Å²) in [6, 6.07) is 19.8. The maximum absolute atomic E-state index is 13.3. The predicted molar refractivity (Wildman–Crippen MR) is 172 cm³/mol.